The molecule has 146 valence electrons. The molecule has 0 radical (unpaired) electrons. The van der Waals surface area contributed by atoms with E-state index in [0.717, 1.165) is 42.7 Å². The highest BCUT2D eigenvalue weighted by Crippen LogP contribution is 2.22. The molecule has 3 rings (SSSR count). The van der Waals surface area contributed by atoms with Gasteiger partial charge in [-0.05, 0) is 38.0 Å². The van der Waals surface area contributed by atoms with E-state index in [4.69, 9.17) is 0 Å². The van der Waals surface area contributed by atoms with Crippen LogP contribution in [0.3, 0.4) is 0 Å². The van der Waals surface area contributed by atoms with Gasteiger partial charge in [-0.3, -0.25) is 14.2 Å². The number of anilines is 1. The molecule has 1 aromatic carbocycles. The molecule has 0 spiro atoms. The fourth-order valence-electron chi connectivity index (χ4n) is 3.11. The smallest absolute Gasteiger partial charge is 0.307 e. The first-order valence-electron chi connectivity index (χ1n) is 8.93. The molecule has 0 bridgehead atoms. The number of sulfonamides is 1. The van der Waals surface area contributed by atoms with Gasteiger partial charge < -0.3 is 5.32 Å². The molecular formula is C18H23N3O4S2. The van der Waals surface area contributed by atoms with Crippen LogP contribution < -0.4 is 10.2 Å². The second kappa shape index (κ2) is 8.37. The minimum Gasteiger partial charge on any atom is -0.324 e. The zero-order chi connectivity index (χ0) is 19.4. The quantitative estimate of drug-likeness (QED) is 0.821. The minimum absolute atomic E-state index is 0.0999. The molecule has 0 unspecified atom stereocenters. The lowest BCUT2D eigenvalue weighted by molar-refractivity contribution is -0.116. The van der Waals surface area contributed by atoms with E-state index in [-0.39, 0.29) is 22.2 Å². The van der Waals surface area contributed by atoms with Gasteiger partial charge in [0.1, 0.15) is 6.54 Å². The van der Waals surface area contributed by atoms with Crippen LogP contribution in [-0.4, -0.2) is 36.3 Å². The molecule has 1 amide bonds. The molecule has 1 fully saturated rings. The van der Waals surface area contributed by atoms with E-state index in [0.29, 0.717) is 18.8 Å². The SMILES string of the molecule is Cc1csc(=O)n1CC(=O)Nc1cccc(S(=O)(=O)N2CCCCCC2)c1. The van der Waals surface area contributed by atoms with Gasteiger partial charge in [0.15, 0.2) is 0 Å². The Morgan fingerprint density at radius 1 is 1.19 bits per heavy atom. The summed E-state index contributed by atoms with van der Waals surface area (Å²) in [7, 11) is -3.58. The van der Waals surface area contributed by atoms with Crippen LogP contribution in [0, 0.1) is 6.92 Å². The largest absolute Gasteiger partial charge is 0.324 e. The highest BCUT2D eigenvalue weighted by molar-refractivity contribution is 7.89. The molecule has 1 aromatic heterocycles. The predicted octanol–water partition coefficient (Wildman–Crippen LogP) is 2.42. The molecule has 2 heterocycles. The lowest BCUT2D eigenvalue weighted by Crippen LogP contribution is -2.32. The number of aryl methyl sites for hydroxylation is 1. The molecule has 0 aliphatic carbocycles. The molecular weight excluding hydrogens is 386 g/mol. The fourth-order valence-corrected chi connectivity index (χ4v) is 5.40. The Hall–Kier alpha value is -1.97. The number of aromatic nitrogens is 1. The molecule has 7 nitrogen and oxygen atoms in total. The second-order valence-corrected chi connectivity index (χ2v) is 9.38. The third kappa shape index (κ3) is 4.66. The number of amides is 1. The molecule has 0 saturated carbocycles. The molecule has 2 aromatic rings. The van der Waals surface area contributed by atoms with Gasteiger partial charge in [-0.25, -0.2) is 8.42 Å². The number of nitrogens with one attached hydrogen (secondary N) is 1. The Morgan fingerprint density at radius 3 is 2.52 bits per heavy atom. The van der Waals surface area contributed by atoms with Gasteiger partial charge in [-0.2, -0.15) is 4.31 Å². The van der Waals surface area contributed by atoms with E-state index in [1.54, 1.807) is 30.5 Å². The van der Waals surface area contributed by atoms with Gasteiger partial charge in [-0.15, -0.1) is 0 Å². The Morgan fingerprint density at radius 2 is 1.89 bits per heavy atom. The highest BCUT2D eigenvalue weighted by atomic mass is 32.2. The number of thiazole rings is 1. The van der Waals surface area contributed by atoms with E-state index in [2.05, 4.69) is 5.32 Å². The van der Waals surface area contributed by atoms with Crippen LogP contribution in [0.15, 0.2) is 39.3 Å². The summed E-state index contributed by atoms with van der Waals surface area (Å²) in [5.41, 5.74) is 1.12. The normalized spacial score (nSPS) is 16.0. The van der Waals surface area contributed by atoms with Crippen molar-refractivity contribution in [2.45, 2.75) is 44.0 Å². The fraction of sp³-hybridized carbons (Fsp3) is 0.444. The van der Waals surface area contributed by atoms with Crippen LogP contribution in [0.5, 0.6) is 0 Å². The van der Waals surface area contributed by atoms with Crippen molar-refractivity contribution in [3.05, 3.63) is 45.0 Å². The van der Waals surface area contributed by atoms with Gasteiger partial charge in [0.05, 0.1) is 4.90 Å². The van der Waals surface area contributed by atoms with Crippen molar-refractivity contribution in [1.82, 2.24) is 8.87 Å². The van der Waals surface area contributed by atoms with E-state index in [9.17, 15) is 18.0 Å². The monoisotopic (exact) mass is 409 g/mol. The number of carbonyl (C=O) groups is 1. The summed E-state index contributed by atoms with van der Waals surface area (Å²) < 4.78 is 28.7. The number of hydrogen-bond acceptors (Lipinski definition) is 5. The number of nitrogens with zero attached hydrogens (tertiary/aromatic N) is 2. The lowest BCUT2D eigenvalue weighted by Gasteiger charge is -2.20. The van der Waals surface area contributed by atoms with Crippen molar-refractivity contribution in [2.24, 2.45) is 0 Å². The van der Waals surface area contributed by atoms with Crippen LogP contribution in [0.1, 0.15) is 31.4 Å². The Kier molecular flexibility index (Phi) is 6.13. The standard InChI is InChI=1S/C18H23N3O4S2/c1-14-13-26-18(23)21(14)12-17(22)19-15-7-6-8-16(11-15)27(24,25)20-9-4-2-3-5-10-20/h6-8,11,13H,2-5,9-10,12H2,1H3,(H,19,22). The van der Waals surface area contributed by atoms with Gasteiger partial charge in [0.25, 0.3) is 0 Å². The van der Waals surface area contributed by atoms with Crippen molar-refractivity contribution < 1.29 is 13.2 Å². The van der Waals surface area contributed by atoms with Crippen molar-refractivity contribution in [1.29, 1.82) is 0 Å². The average Bonchev–Trinajstić information content (AvgIpc) is 2.86. The lowest BCUT2D eigenvalue weighted by atomic mass is 10.2. The molecule has 27 heavy (non-hydrogen) atoms. The highest BCUT2D eigenvalue weighted by Gasteiger charge is 2.25. The Labute approximate surface area is 162 Å². The first kappa shape index (κ1) is 19.8. The number of carbonyl (C=O) groups excluding carboxylic acids is 1. The first-order valence-corrected chi connectivity index (χ1v) is 11.2. The summed E-state index contributed by atoms with van der Waals surface area (Å²) in [6.45, 7) is 2.72. The zero-order valence-corrected chi connectivity index (χ0v) is 16.8. The van der Waals surface area contributed by atoms with Crippen LogP contribution in [-0.2, 0) is 21.4 Å². The van der Waals surface area contributed by atoms with Gasteiger partial charge in [-0.1, -0.05) is 30.2 Å². The summed E-state index contributed by atoms with van der Waals surface area (Å²) in [4.78, 5) is 24.0. The van der Waals surface area contributed by atoms with Crippen molar-refractivity contribution in [3.63, 3.8) is 0 Å². The predicted molar refractivity (Wildman–Crippen MR) is 106 cm³/mol. The van der Waals surface area contributed by atoms with E-state index in [1.165, 1.54) is 14.9 Å². The van der Waals surface area contributed by atoms with Crippen molar-refractivity contribution in [2.75, 3.05) is 18.4 Å². The van der Waals surface area contributed by atoms with Gasteiger partial charge in [0.2, 0.25) is 15.9 Å². The number of rotatable bonds is 5. The van der Waals surface area contributed by atoms with E-state index < -0.39 is 10.0 Å². The maximum absolute atomic E-state index is 12.9. The summed E-state index contributed by atoms with van der Waals surface area (Å²) in [6, 6.07) is 6.27. The summed E-state index contributed by atoms with van der Waals surface area (Å²) in [6.07, 6.45) is 3.82. The van der Waals surface area contributed by atoms with E-state index >= 15 is 0 Å². The van der Waals surface area contributed by atoms with Crippen molar-refractivity contribution in [3.8, 4) is 0 Å². The van der Waals surface area contributed by atoms with Crippen molar-refractivity contribution >= 4 is 33.0 Å². The summed E-state index contributed by atoms with van der Waals surface area (Å²) in [5, 5.41) is 4.38. The Balaban J connectivity index is 1.75. The third-order valence-corrected chi connectivity index (χ3v) is 7.37. The van der Waals surface area contributed by atoms with Crippen LogP contribution in [0.4, 0.5) is 5.69 Å². The van der Waals surface area contributed by atoms with Crippen LogP contribution in [0.25, 0.3) is 0 Å². The molecule has 9 heteroatoms. The van der Waals surface area contributed by atoms with Gasteiger partial charge in [0, 0.05) is 29.9 Å². The van der Waals surface area contributed by atoms with Crippen LogP contribution in [0.2, 0.25) is 0 Å². The first-order chi connectivity index (χ1) is 12.9. The molecule has 1 saturated heterocycles. The Bertz CT molecular complexity index is 970. The summed E-state index contributed by atoms with van der Waals surface area (Å²) >= 11 is 1.05. The maximum atomic E-state index is 12.9. The molecule has 1 N–H and O–H groups in total. The van der Waals surface area contributed by atoms with Crippen LogP contribution >= 0.6 is 11.3 Å². The van der Waals surface area contributed by atoms with Gasteiger partial charge >= 0.3 is 4.87 Å². The number of hydrogen-bond donors (Lipinski definition) is 1. The molecule has 1 aliphatic heterocycles. The average molecular weight is 410 g/mol. The molecule has 1 aliphatic rings. The summed E-state index contributed by atoms with van der Waals surface area (Å²) in [5.74, 6) is -0.372. The second-order valence-electron chi connectivity index (χ2n) is 6.62. The topological polar surface area (TPSA) is 88.5 Å². The third-order valence-electron chi connectivity index (χ3n) is 4.60. The van der Waals surface area contributed by atoms with E-state index in [1.807, 2.05) is 0 Å². The molecule has 0 atom stereocenters. The zero-order valence-electron chi connectivity index (χ0n) is 15.2. The minimum atomic E-state index is -3.58. The maximum Gasteiger partial charge on any atom is 0.307 e. The number of benzene rings is 1.